The topological polar surface area (TPSA) is 56.0 Å². The maximum absolute atomic E-state index is 9.53. The number of aromatic nitrogens is 1. The first-order chi connectivity index (χ1) is 12.7. The lowest BCUT2D eigenvalue weighted by Crippen LogP contribution is -2.18. The van der Waals surface area contributed by atoms with Crippen molar-refractivity contribution in [2.45, 2.75) is 13.5 Å². The Labute approximate surface area is 155 Å². The molecule has 3 aromatic rings. The Morgan fingerprint density at radius 3 is 2.62 bits per heavy atom. The van der Waals surface area contributed by atoms with E-state index in [1.807, 2.05) is 47.0 Å². The summed E-state index contributed by atoms with van der Waals surface area (Å²) in [5, 5.41) is 11.6. The number of rotatable bonds is 4. The monoisotopic (exact) mass is 368 g/mol. The second kappa shape index (κ2) is 7.35. The van der Waals surface area contributed by atoms with Gasteiger partial charge in [-0.3, -0.25) is 0 Å². The number of thiazole rings is 1. The molecule has 0 unspecified atom stereocenters. The number of hydrogen-bond acceptors (Lipinski definition) is 5. The molecule has 1 aliphatic rings. The summed E-state index contributed by atoms with van der Waals surface area (Å²) in [6, 6.07) is 14.0. The van der Waals surface area contributed by atoms with Crippen LogP contribution < -0.4 is 14.3 Å². The first kappa shape index (κ1) is 16.9. The summed E-state index contributed by atoms with van der Waals surface area (Å²) in [4.78, 5) is 5.60. The predicted octanol–water partition coefficient (Wildman–Crippen LogP) is 3.52. The lowest BCUT2D eigenvalue weighted by Gasteiger charge is -2.19. The van der Waals surface area contributed by atoms with Gasteiger partial charge in [0.1, 0.15) is 13.2 Å². The molecule has 0 spiro atoms. The van der Waals surface area contributed by atoms with Crippen LogP contribution in [0.5, 0.6) is 11.5 Å². The van der Waals surface area contributed by atoms with E-state index in [0.29, 0.717) is 19.8 Å². The van der Waals surface area contributed by atoms with E-state index in [9.17, 15) is 5.11 Å². The highest BCUT2D eigenvalue weighted by Crippen LogP contribution is 2.34. The second-order valence-electron chi connectivity index (χ2n) is 6.08. The number of aliphatic hydroxyl groups is 1. The van der Waals surface area contributed by atoms with E-state index >= 15 is 0 Å². The van der Waals surface area contributed by atoms with Crippen molar-refractivity contribution in [3.05, 3.63) is 58.2 Å². The van der Waals surface area contributed by atoms with E-state index in [2.05, 4.69) is 12.3 Å². The molecule has 0 saturated heterocycles. The van der Waals surface area contributed by atoms with Crippen LogP contribution in [-0.2, 0) is 6.54 Å². The van der Waals surface area contributed by atoms with Crippen LogP contribution in [0.25, 0.3) is 11.3 Å². The van der Waals surface area contributed by atoms with Gasteiger partial charge in [-0.1, -0.05) is 17.7 Å². The van der Waals surface area contributed by atoms with Gasteiger partial charge in [-0.05, 0) is 37.3 Å². The molecule has 1 N–H and O–H groups in total. The molecule has 1 aromatic heterocycles. The van der Waals surface area contributed by atoms with Crippen LogP contribution in [-0.4, -0.2) is 29.5 Å². The lowest BCUT2D eigenvalue weighted by atomic mass is 10.1. The molecule has 26 heavy (non-hydrogen) atoms. The molecule has 0 saturated carbocycles. The minimum Gasteiger partial charge on any atom is -0.486 e. The number of aryl methyl sites for hydroxylation is 1. The Morgan fingerprint density at radius 1 is 1.08 bits per heavy atom. The van der Waals surface area contributed by atoms with Crippen molar-refractivity contribution in [2.75, 3.05) is 19.8 Å². The molecule has 0 radical (unpaired) electrons. The molecular formula is C20H20N2O3S. The van der Waals surface area contributed by atoms with E-state index in [1.165, 1.54) is 5.56 Å². The number of ether oxygens (including phenoxy) is 2. The quantitative estimate of drug-likeness (QED) is 0.767. The number of fused-ring (bicyclic) bond motifs is 1. The van der Waals surface area contributed by atoms with Crippen LogP contribution in [0.4, 0.5) is 5.69 Å². The molecule has 0 amide bonds. The summed E-state index contributed by atoms with van der Waals surface area (Å²) in [6.07, 6.45) is 0. The average Bonchev–Trinajstić information content (AvgIpc) is 3.06. The van der Waals surface area contributed by atoms with Crippen LogP contribution in [0.2, 0.25) is 0 Å². The van der Waals surface area contributed by atoms with Crippen molar-refractivity contribution in [2.24, 2.45) is 4.99 Å². The van der Waals surface area contributed by atoms with Gasteiger partial charge in [0.2, 0.25) is 0 Å². The SMILES string of the molecule is Cc1ccc(N=c2scc(-c3ccc4c(c3)OCCO4)n2CCO)cc1. The maximum atomic E-state index is 9.53. The van der Waals surface area contributed by atoms with Gasteiger partial charge in [-0.15, -0.1) is 11.3 Å². The normalized spacial score (nSPS) is 13.8. The summed E-state index contributed by atoms with van der Waals surface area (Å²) in [5.41, 5.74) is 4.13. The van der Waals surface area contributed by atoms with Crippen molar-refractivity contribution in [1.29, 1.82) is 0 Å². The van der Waals surface area contributed by atoms with Crippen LogP contribution in [0.3, 0.4) is 0 Å². The standard InChI is InChI=1S/C20H20N2O3S/c1-14-2-5-16(6-3-14)21-20-22(8-9-23)17(13-26-20)15-4-7-18-19(12-15)25-11-10-24-18/h2-7,12-13,23H,8-11H2,1H3. The molecule has 6 heteroatoms. The summed E-state index contributed by atoms with van der Waals surface area (Å²) >= 11 is 1.56. The molecule has 1 aliphatic heterocycles. The fourth-order valence-electron chi connectivity index (χ4n) is 2.90. The van der Waals surface area contributed by atoms with Gasteiger partial charge in [0.05, 0.1) is 18.0 Å². The zero-order chi connectivity index (χ0) is 17.9. The molecule has 2 heterocycles. The van der Waals surface area contributed by atoms with E-state index in [1.54, 1.807) is 11.3 Å². The van der Waals surface area contributed by atoms with Gasteiger partial charge in [0.15, 0.2) is 16.3 Å². The minimum atomic E-state index is 0.0510. The van der Waals surface area contributed by atoms with E-state index in [0.717, 1.165) is 33.2 Å². The van der Waals surface area contributed by atoms with Crippen LogP contribution in [0.15, 0.2) is 52.8 Å². The molecule has 0 aliphatic carbocycles. The Kier molecular flexibility index (Phi) is 4.77. The number of nitrogens with zero attached hydrogens (tertiary/aromatic N) is 2. The Balaban J connectivity index is 1.77. The third kappa shape index (κ3) is 3.38. The third-order valence-electron chi connectivity index (χ3n) is 4.22. The zero-order valence-corrected chi connectivity index (χ0v) is 15.3. The van der Waals surface area contributed by atoms with Crippen molar-refractivity contribution in [3.8, 4) is 22.8 Å². The van der Waals surface area contributed by atoms with E-state index in [-0.39, 0.29) is 6.61 Å². The summed E-state index contributed by atoms with van der Waals surface area (Å²) < 4.78 is 13.3. The number of aliphatic hydroxyl groups excluding tert-OH is 1. The fraction of sp³-hybridized carbons (Fsp3) is 0.250. The van der Waals surface area contributed by atoms with Crippen LogP contribution in [0, 0.1) is 6.92 Å². The maximum Gasteiger partial charge on any atom is 0.190 e. The first-order valence-electron chi connectivity index (χ1n) is 8.55. The summed E-state index contributed by atoms with van der Waals surface area (Å²) in [5.74, 6) is 1.53. The fourth-order valence-corrected chi connectivity index (χ4v) is 3.85. The molecule has 0 bridgehead atoms. The highest BCUT2D eigenvalue weighted by atomic mass is 32.1. The van der Waals surface area contributed by atoms with Gasteiger partial charge >= 0.3 is 0 Å². The average molecular weight is 368 g/mol. The van der Waals surface area contributed by atoms with Gasteiger partial charge in [-0.2, -0.15) is 0 Å². The van der Waals surface area contributed by atoms with Crippen molar-refractivity contribution >= 4 is 17.0 Å². The smallest absolute Gasteiger partial charge is 0.190 e. The predicted molar refractivity (Wildman–Crippen MR) is 102 cm³/mol. The second-order valence-corrected chi connectivity index (χ2v) is 6.92. The van der Waals surface area contributed by atoms with Gasteiger partial charge in [-0.25, -0.2) is 4.99 Å². The highest BCUT2D eigenvalue weighted by Gasteiger charge is 2.15. The van der Waals surface area contributed by atoms with Gasteiger partial charge in [0.25, 0.3) is 0 Å². The van der Waals surface area contributed by atoms with Crippen molar-refractivity contribution < 1.29 is 14.6 Å². The minimum absolute atomic E-state index is 0.0510. The van der Waals surface area contributed by atoms with E-state index < -0.39 is 0 Å². The molecule has 2 aromatic carbocycles. The van der Waals surface area contributed by atoms with Gasteiger partial charge in [0, 0.05) is 17.5 Å². The highest BCUT2D eigenvalue weighted by molar-refractivity contribution is 7.07. The Morgan fingerprint density at radius 2 is 1.85 bits per heavy atom. The van der Waals surface area contributed by atoms with Crippen molar-refractivity contribution in [3.63, 3.8) is 0 Å². The van der Waals surface area contributed by atoms with Crippen LogP contribution >= 0.6 is 11.3 Å². The Bertz CT molecular complexity index is 973. The first-order valence-corrected chi connectivity index (χ1v) is 9.43. The molecule has 0 atom stereocenters. The molecule has 134 valence electrons. The van der Waals surface area contributed by atoms with Gasteiger partial charge < -0.3 is 19.1 Å². The molecule has 4 rings (SSSR count). The molecule has 5 nitrogen and oxygen atoms in total. The Hall–Kier alpha value is -2.57. The van der Waals surface area contributed by atoms with Crippen molar-refractivity contribution in [1.82, 2.24) is 4.57 Å². The third-order valence-corrected chi connectivity index (χ3v) is 5.08. The number of hydrogen-bond donors (Lipinski definition) is 1. The van der Waals surface area contributed by atoms with Crippen LogP contribution in [0.1, 0.15) is 5.56 Å². The van der Waals surface area contributed by atoms with E-state index in [4.69, 9.17) is 14.5 Å². The molecular weight excluding hydrogens is 348 g/mol. The summed E-state index contributed by atoms with van der Waals surface area (Å²) in [7, 11) is 0. The molecule has 0 fully saturated rings. The lowest BCUT2D eigenvalue weighted by molar-refractivity contribution is 0.171. The number of benzene rings is 2. The largest absolute Gasteiger partial charge is 0.486 e. The summed E-state index contributed by atoms with van der Waals surface area (Å²) in [6.45, 7) is 3.73. The zero-order valence-electron chi connectivity index (χ0n) is 14.5.